The number of nitrogens with two attached hydrogens (primary N) is 1. The highest BCUT2D eigenvalue weighted by atomic mass is 15.1. The zero-order valence-electron chi connectivity index (χ0n) is 13.5. The minimum Gasteiger partial charge on any atom is -0.397 e. The molecule has 120 valence electrons. The number of benzene rings is 3. The van der Waals surface area contributed by atoms with Crippen molar-refractivity contribution in [2.75, 3.05) is 5.73 Å². The van der Waals surface area contributed by atoms with Crippen molar-refractivity contribution in [3.63, 3.8) is 0 Å². The van der Waals surface area contributed by atoms with Gasteiger partial charge in [0.1, 0.15) is 11.4 Å². The normalized spacial score (nSPS) is 11.2. The molecule has 4 nitrogen and oxygen atoms in total. The molecule has 1 heterocycles. The maximum Gasteiger partial charge on any atom is 0.116 e. The molecule has 0 radical (unpaired) electrons. The van der Waals surface area contributed by atoms with Gasteiger partial charge in [0.25, 0.3) is 0 Å². The smallest absolute Gasteiger partial charge is 0.116 e. The molecule has 0 bridgehead atoms. The standard InChI is InChI=1S/C21H16N4/c22-19-12-10-15-6-4-5-9-18(15)21(19)25-24-17-11-13-20(23-14-17)16-7-2-1-3-8-16/h1-14H,22H2/b25-24+. The first-order valence-corrected chi connectivity index (χ1v) is 8.02. The summed E-state index contributed by atoms with van der Waals surface area (Å²) in [5, 5.41) is 10.7. The number of hydrogen-bond acceptors (Lipinski definition) is 4. The molecule has 4 aromatic rings. The largest absolute Gasteiger partial charge is 0.397 e. The minimum atomic E-state index is 0.608. The Bertz CT molecular complexity index is 1040. The van der Waals surface area contributed by atoms with Gasteiger partial charge in [0.2, 0.25) is 0 Å². The Morgan fingerprint density at radius 1 is 0.720 bits per heavy atom. The van der Waals surface area contributed by atoms with E-state index < -0.39 is 0 Å². The van der Waals surface area contributed by atoms with Gasteiger partial charge in [-0.3, -0.25) is 4.98 Å². The highest BCUT2D eigenvalue weighted by molar-refractivity contribution is 5.97. The van der Waals surface area contributed by atoms with Crippen LogP contribution in [0.3, 0.4) is 0 Å². The van der Waals surface area contributed by atoms with Gasteiger partial charge in [0, 0.05) is 10.9 Å². The van der Waals surface area contributed by atoms with Crippen molar-refractivity contribution in [3.05, 3.63) is 85.1 Å². The van der Waals surface area contributed by atoms with Gasteiger partial charge in [0.05, 0.1) is 17.6 Å². The summed E-state index contributed by atoms with van der Waals surface area (Å²) in [4.78, 5) is 4.46. The predicted octanol–water partition coefficient (Wildman–Crippen LogP) is 5.90. The molecule has 0 unspecified atom stereocenters. The first-order chi connectivity index (χ1) is 12.3. The van der Waals surface area contributed by atoms with Crippen LogP contribution >= 0.6 is 0 Å². The maximum atomic E-state index is 6.08. The van der Waals surface area contributed by atoms with Gasteiger partial charge in [-0.15, -0.1) is 10.2 Å². The molecule has 2 N–H and O–H groups in total. The Labute approximate surface area is 145 Å². The first-order valence-electron chi connectivity index (χ1n) is 8.02. The molecule has 4 rings (SSSR count). The van der Waals surface area contributed by atoms with E-state index in [-0.39, 0.29) is 0 Å². The molecule has 0 atom stereocenters. The number of nitrogen functional groups attached to an aromatic ring is 1. The molecule has 0 aliphatic heterocycles. The second-order valence-electron chi connectivity index (χ2n) is 5.69. The number of azo groups is 1. The zero-order chi connectivity index (χ0) is 17.1. The molecule has 0 aliphatic rings. The summed E-state index contributed by atoms with van der Waals surface area (Å²) in [6, 6.07) is 25.7. The molecule has 0 aliphatic carbocycles. The van der Waals surface area contributed by atoms with Crippen LogP contribution in [0.1, 0.15) is 0 Å². The van der Waals surface area contributed by atoms with Crippen LogP contribution < -0.4 is 5.73 Å². The topological polar surface area (TPSA) is 63.6 Å². The van der Waals surface area contributed by atoms with Gasteiger partial charge in [-0.2, -0.15) is 0 Å². The predicted molar refractivity (Wildman–Crippen MR) is 102 cm³/mol. The molecule has 0 saturated carbocycles. The Kier molecular flexibility index (Phi) is 3.92. The number of nitrogens with zero attached hydrogens (tertiary/aromatic N) is 3. The lowest BCUT2D eigenvalue weighted by Gasteiger charge is -2.04. The van der Waals surface area contributed by atoms with Crippen LogP contribution in [-0.4, -0.2) is 4.98 Å². The fourth-order valence-electron chi connectivity index (χ4n) is 2.72. The molecule has 0 saturated heterocycles. The van der Waals surface area contributed by atoms with Gasteiger partial charge >= 0.3 is 0 Å². The van der Waals surface area contributed by atoms with Crippen LogP contribution in [0.15, 0.2) is 95.3 Å². The lowest BCUT2D eigenvalue weighted by atomic mass is 10.1. The van der Waals surface area contributed by atoms with Gasteiger partial charge in [0.15, 0.2) is 0 Å². The summed E-state index contributed by atoms with van der Waals surface area (Å²) in [5.74, 6) is 0. The Morgan fingerprint density at radius 2 is 1.52 bits per heavy atom. The third kappa shape index (κ3) is 3.10. The van der Waals surface area contributed by atoms with Crippen LogP contribution in [0.2, 0.25) is 0 Å². The fraction of sp³-hybridized carbons (Fsp3) is 0. The molecule has 0 spiro atoms. The van der Waals surface area contributed by atoms with Crippen molar-refractivity contribution >= 4 is 27.8 Å². The first kappa shape index (κ1) is 15.0. The van der Waals surface area contributed by atoms with Crippen molar-refractivity contribution in [2.45, 2.75) is 0 Å². The van der Waals surface area contributed by atoms with E-state index in [1.54, 1.807) is 6.20 Å². The highest BCUT2D eigenvalue weighted by Crippen LogP contribution is 2.33. The lowest BCUT2D eigenvalue weighted by molar-refractivity contribution is 1.21. The van der Waals surface area contributed by atoms with E-state index in [9.17, 15) is 0 Å². The number of aromatic nitrogens is 1. The Balaban J connectivity index is 1.66. The molecule has 1 aromatic heterocycles. The third-order valence-electron chi connectivity index (χ3n) is 4.01. The summed E-state index contributed by atoms with van der Waals surface area (Å²) in [6.45, 7) is 0. The van der Waals surface area contributed by atoms with Crippen molar-refractivity contribution in [1.29, 1.82) is 0 Å². The van der Waals surface area contributed by atoms with Crippen LogP contribution in [0.5, 0.6) is 0 Å². The molecule has 4 heteroatoms. The summed E-state index contributed by atoms with van der Waals surface area (Å²) in [7, 11) is 0. The SMILES string of the molecule is Nc1ccc2ccccc2c1/N=N/c1ccc(-c2ccccc2)nc1. The van der Waals surface area contributed by atoms with Gasteiger partial charge in [-0.05, 0) is 23.6 Å². The summed E-state index contributed by atoms with van der Waals surface area (Å²) in [6.07, 6.45) is 1.72. The van der Waals surface area contributed by atoms with Crippen LogP contribution in [0.4, 0.5) is 17.1 Å². The molecule has 3 aromatic carbocycles. The fourth-order valence-corrected chi connectivity index (χ4v) is 2.72. The van der Waals surface area contributed by atoms with Crippen LogP contribution in [0, 0.1) is 0 Å². The van der Waals surface area contributed by atoms with Crippen molar-refractivity contribution in [1.82, 2.24) is 4.98 Å². The second kappa shape index (κ2) is 6.53. The van der Waals surface area contributed by atoms with E-state index in [1.165, 1.54) is 0 Å². The number of anilines is 1. The zero-order valence-corrected chi connectivity index (χ0v) is 13.5. The molecular weight excluding hydrogens is 308 g/mol. The van der Waals surface area contributed by atoms with Crippen molar-refractivity contribution < 1.29 is 0 Å². The molecular formula is C21H16N4. The highest BCUT2D eigenvalue weighted by Gasteiger charge is 2.04. The molecule has 0 amide bonds. The maximum absolute atomic E-state index is 6.08. The number of pyridine rings is 1. The van der Waals surface area contributed by atoms with E-state index >= 15 is 0 Å². The van der Waals surface area contributed by atoms with Crippen LogP contribution in [-0.2, 0) is 0 Å². The van der Waals surface area contributed by atoms with Crippen LogP contribution in [0.25, 0.3) is 22.0 Å². The molecule has 25 heavy (non-hydrogen) atoms. The number of hydrogen-bond donors (Lipinski definition) is 1. The van der Waals surface area contributed by atoms with E-state index in [0.29, 0.717) is 17.1 Å². The van der Waals surface area contributed by atoms with E-state index in [2.05, 4.69) is 15.2 Å². The van der Waals surface area contributed by atoms with Gasteiger partial charge in [-0.1, -0.05) is 60.7 Å². The van der Waals surface area contributed by atoms with Gasteiger partial charge in [-0.25, -0.2) is 0 Å². The number of rotatable bonds is 3. The van der Waals surface area contributed by atoms with Crippen molar-refractivity contribution in [2.24, 2.45) is 10.2 Å². The Hall–Kier alpha value is -3.53. The average Bonchev–Trinajstić information content (AvgIpc) is 2.68. The Morgan fingerprint density at radius 3 is 2.32 bits per heavy atom. The van der Waals surface area contributed by atoms with E-state index in [0.717, 1.165) is 22.0 Å². The average molecular weight is 324 g/mol. The number of fused-ring (bicyclic) bond motifs is 1. The molecule has 0 fully saturated rings. The third-order valence-corrected chi connectivity index (χ3v) is 4.01. The van der Waals surface area contributed by atoms with Crippen molar-refractivity contribution in [3.8, 4) is 11.3 Å². The summed E-state index contributed by atoms with van der Waals surface area (Å²) in [5.41, 5.74) is 10.0. The minimum absolute atomic E-state index is 0.608. The summed E-state index contributed by atoms with van der Waals surface area (Å²) < 4.78 is 0. The lowest BCUT2D eigenvalue weighted by Crippen LogP contribution is -1.86. The van der Waals surface area contributed by atoms with E-state index in [1.807, 2.05) is 78.9 Å². The summed E-state index contributed by atoms with van der Waals surface area (Å²) >= 11 is 0. The monoisotopic (exact) mass is 324 g/mol. The quantitative estimate of drug-likeness (QED) is 0.376. The second-order valence-corrected chi connectivity index (χ2v) is 5.69. The van der Waals surface area contributed by atoms with E-state index in [4.69, 9.17) is 5.73 Å². The van der Waals surface area contributed by atoms with Gasteiger partial charge < -0.3 is 5.73 Å².